The third kappa shape index (κ3) is 14.5. The maximum Gasteiger partial charge on any atom is 0.253 e. The van der Waals surface area contributed by atoms with Gasteiger partial charge in [0, 0.05) is 102 Å². The molecular formula is C38H54N8O12. The molecule has 4 N–H and O–H groups in total. The van der Waals surface area contributed by atoms with Crippen LogP contribution in [0.2, 0.25) is 0 Å². The van der Waals surface area contributed by atoms with Crippen molar-refractivity contribution >= 4 is 70.6 Å². The fraction of sp³-hybridized carbons (Fsp3) is 0.579. The van der Waals surface area contributed by atoms with Gasteiger partial charge in [0.2, 0.25) is 35.4 Å². The van der Waals surface area contributed by atoms with E-state index in [0.717, 1.165) is 34.1 Å². The minimum absolute atomic E-state index is 0.0693. The summed E-state index contributed by atoms with van der Waals surface area (Å²) in [6.07, 6.45) is 3.52. The Morgan fingerprint density at radius 2 is 0.793 bits per heavy atom. The van der Waals surface area contributed by atoms with Crippen LogP contribution in [0.3, 0.4) is 0 Å². The molecule has 318 valence electrons. The molecule has 0 fully saturated rings. The first kappa shape index (κ1) is 48.1. The molecule has 6 unspecified atom stereocenters. The van der Waals surface area contributed by atoms with E-state index in [4.69, 9.17) is 0 Å². The Labute approximate surface area is 336 Å². The fourth-order valence-electron chi connectivity index (χ4n) is 5.68. The van der Waals surface area contributed by atoms with Crippen molar-refractivity contribution in [1.29, 1.82) is 0 Å². The molecule has 58 heavy (non-hydrogen) atoms. The van der Waals surface area contributed by atoms with Gasteiger partial charge in [-0.25, -0.2) is 0 Å². The first-order valence-electron chi connectivity index (χ1n) is 18.9. The number of carbonyl (C=O) groups excluding carboxylic acids is 12. The number of likely N-dealkylation sites (N-methyl/N-ethyl adjacent to an activating group) is 2. The molecule has 0 radical (unpaired) electrons. The van der Waals surface area contributed by atoms with Gasteiger partial charge in [-0.15, -0.1) is 0 Å². The number of ketones is 2. The van der Waals surface area contributed by atoms with E-state index in [1.165, 1.54) is 65.4 Å². The van der Waals surface area contributed by atoms with Crippen LogP contribution in [-0.2, 0) is 57.5 Å². The SMILES string of the molecule is CC(CC(=O)C(C)NC(=O)CCN1C(=O)C=CC1=O)C(=O)NC(C)C(=O)N(C)CCN(C)C(=O)C(C)NC(=O)C(C)CC(=O)C(C)NC(=O)CCN1C(=O)C=CC1=O. The zero-order valence-corrected chi connectivity index (χ0v) is 34.1. The molecule has 0 bridgehead atoms. The average molecular weight is 815 g/mol. The Bertz CT molecular complexity index is 1580. The lowest BCUT2D eigenvalue weighted by atomic mass is 9.99. The molecule has 0 spiro atoms. The van der Waals surface area contributed by atoms with Crippen LogP contribution in [0, 0.1) is 11.8 Å². The zero-order chi connectivity index (χ0) is 44.0. The molecule has 0 saturated heterocycles. The van der Waals surface area contributed by atoms with Crippen molar-refractivity contribution in [3.05, 3.63) is 24.3 Å². The third-order valence-electron chi connectivity index (χ3n) is 9.54. The van der Waals surface area contributed by atoms with E-state index in [0.29, 0.717) is 0 Å². The second-order valence-corrected chi connectivity index (χ2v) is 14.5. The van der Waals surface area contributed by atoms with E-state index in [1.54, 1.807) is 0 Å². The van der Waals surface area contributed by atoms with E-state index in [9.17, 15) is 57.5 Å². The lowest BCUT2D eigenvalue weighted by molar-refractivity contribution is -0.139. The Hall–Kier alpha value is -6.08. The Morgan fingerprint density at radius 3 is 1.09 bits per heavy atom. The van der Waals surface area contributed by atoms with Gasteiger partial charge in [0.05, 0.1) is 12.1 Å². The number of imide groups is 2. The predicted molar refractivity (Wildman–Crippen MR) is 204 cm³/mol. The van der Waals surface area contributed by atoms with Crippen LogP contribution < -0.4 is 21.3 Å². The lowest BCUT2D eigenvalue weighted by Crippen LogP contribution is -2.51. The standard InChI is InChI=1S/C38H54N8O12/c1-21(19-27(47)23(3)39-29(49)13-15-45-31(51)9-10-32(45)52)35(55)41-25(5)37(57)43(7)17-18-44(8)38(58)26(6)42-36(56)22(2)20-28(48)24(4)40-30(50)14-16-46-33(53)11-12-34(46)54/h9-12,21-26H,13-20H2,1-8H3,(H,39,49)(H,40,50)(H,41,55)(H,42,56). The van der Waals surface area contributed by atoms with Crippen LogP contribution in [0.25, 0.3) is 0 Å². The summed E-state index contributed by atoms with van der Waals surface area (Å²) in [5.74, 6) is -7.90. The lowest BCUT2D eigenvalue weighted by Gasteiger charge is -2.27. The number of hydrogen-bond donors (Lipinski definition) is 4. The smallest absolute Gasteiger partial charge is 0.253 e. The summed E-state index contributed by atoms with van der Waals surface area (Å²) >= 11 is 0. The summed E-state index contributed by atoms with van der Waals surface area (Å²) < 4.78 is 0. The second kappa shape index (κ2) is 22.0. The molecule has 2 aliphatic rings. The molecule has 2 rings (SSSR count). The van der Waals surface area contributed by atoms with Crippen LogP contribution in [0.4, 0.5) is 0 Å². The van der Waals surface area contributed by atoms with Crippen molar-refractivity contribution < 1.29 is 57.5 Å². The van der Waals surface area contributed by atoms with Gasteiger partial charge in [-0.05, 0) is 27.7 Å². The van der Waals surface area contributed by atoms with Crippen molar-refractivity contribution in [1.82, 2.24) is 40.9 Å². The Balaban J connectivity index is 1.71. The molecule has 0 saturated carbocycles. The van der Waals surface area contributed by atoms with Gasteiger partial charge < -0.3 is 31.1 Å². The zero-order valence-electron chi connectivity index (χ0n) is 34.1. The molecule has 2 aliphatic heterocycles. The van der Waals surface area contributed by atoms with Gasteiger partial charge in [-0.1, -0.05) is 13.8 Å². The monoisotopic (exact) mass is 814 g/mol. The minimum atomic E-state index is -0.985. The molecule has 10 amide bonds. The van der Waals surface area contributed by atoms with Crippen molar-refractivity contribution in [3.8, 4) is 0 Å². The maximum absolute atomic E-state index is 13.0. The van der Waals surface area contributed by atoms with Crippen LogP contribution in [0.15, 0.2) is 24.3 Å². The summed E-state index contributed by atoms with van der Waals surface area (Å²) in [6, 6.07) is -3.87. The highest BCUT2D eigenvalue weighted by Gasteiger charge is 2.30. The number of nitrogens with one attached hydrogen (secondary N) is 4. The van der Waals surface area contributed by atoms with Crippen LogP contribution in [-0.4, -0.2) is 155 Å². The van der Waals surface area contributed by atoms with Gasteiger partial charge in [-0.2, -0.15) is 0 Å². The van der Waals surface area contributed by atoms with Gasteiger partial charge in [0.15, 0.2) is 11.6 Å². The first-order chi connectivity index (χ1) is 27.0. The van der Waals surface area contributed by atoms with E-state index >= 15 is 0 Å². The quantitative estimate of drug-likeness (QED) is 0.0797. The van der Waals surface area contributed by atoms with Gasteiger partial charge >= 0.3 is 0 Å². The van der Waals surface area contributed by atoms with Crippen LogP contribution >= 0.6 is 0 Å². The molecule has 20 heteroatoms. The summed E-state index contributed by atoms with van der Waals surface area (Å²) in [4.78, 5) is 153. The summed E-state index contributed by atoms with van der Waals surface area (Å²) in [6.45, 7) is 8.66. The summed E-state index contributed by atoms with van der Waals surface area (Å²) in [5, 5.41) is 10.1. The van der Waals surface area contributed by atoms with E-state index in [1.807, 2.05) is 0 Å². The van der Waals surface area contributed by atoms with Gasteiger partial charge in [0.1, 0.15) is 12.1 Å². The second-order valence-electron chi connectivity index (χ2n) is 14.5. The third-order valence-corrected chi connectivity index (χ3v) is 9.54. The summed E-state index contributed by atoms with van der Waals surface area (Å²) in [7, 11) is 2.96. The topological polar surface area (TPSA) is 266 Å². The van der Waals surface area contributed by atoms with Crippen LogP contribution in [0.1, 0.15) is 67.2 Å². The summed E-state index contributed by atoms with van der Waals surface area (Å²) in [5.41, 5.74) is 0. The Morgan fingerprint density at radius 1 is 0.500 bits per heavy atom. The Kier molecular flexibility index (Phi) is 18.2. The number of nitrogens with zero attached hydrogens (tertiary/aromatic N) is 4. The van der Waals surface area contributed by atoms with Crippen molar-refractivity contribution in [2.45, 2.75) is 91.4 Å². The number of hydrogen-bond acceptors (Lipinski definition) is 12. The average Bonchev–Trinajstić information content (AvgIpc) is 3.67. The maximum atomic E-state index is 13.0. The van der Waals surface area contributed by atoms with E-state index in [-0.39, 0.29) is 51.9 Å². The minimum Gasteiger partial charge on any atom is -0.347 e. The first-order valence-corrected chi connectivity index (χ1v) is 18.9. The molecule has 0 aromatic heterocycles. The normalized spacial score (nSPS) is 16.6. The van der Waals surface area contributed by atoms with E-state index < -0.39 is 107 Å². The highest BCUT2D eigenvalue weighted by atomic mass is 16.2. The molecule has 6 atom stereocenters. The predicted octanol–water partition coefficient (Wildman–Crippen LogP) is -2.26. The molecule has 0 aromatic rings. The van der Waals surface area contributed by atoms with Crippen molar-refractivity contribution in [2.24, 2.45) is 11.8 Å². The van der Waals surface area contributed by atoms with Crippen molar-refractivity contribution in [2.75, 3.05) is 40.3 Å². The van der Waals surface area contributed by atoms with E-state index in [2.05, 4.69) is 21.3 Å². The van der Waals surface area contributed by atoms with Crippen molar-refractivity contribution in [3.63, 3.8) is 0 Å². The van der Waals surface area contributed by atoms with Gasteiger partial charge in [0.25, 0.3) is 23.6 Å². The van der Waals surface area contributed by atoms with Gasteiger partial charge in [-0.3, -0.25) is 67.3 Å². The fourth-order valence-corrected chi connectivity index (χ4v) is 5.68. The molecule has 2 heterocycles. The number of Topliss-reactive ketones (excluding diaryl/α,β-unsaturated/α-hetero) is 2. The molecular weight excluding hydrogens is 760 g/mol. The molecule has 0 aromatic carbocycles. The number of amides is 10. The van der Waals surface area contributed by atoms with Crippen LogP contribution in [0.5, 0.6) is 0 Å². The number of rotatable bonds is 23. The number of carbonyl (C=O) groups is 12. The highest BCUT2D eigenvalue weighted by molar-refractivity contribution is 6.13. The highest BCUT2D eigenvalue weighted by Crippen LogP contribution is 2.10. The largest absolute Gasteiger partial charge is 0.347 e. The molecule has 0 aliphatic carbocycles. The molecule has 20 nitrogen and oxygen atoms in total.